The molecular formula is C47H37ClN2O7. The lowest BCUT2D eigenvalue weighted by molar-refractivity contribution is -0.127. The maximum Gasteiger partial charge on any atom is 0.246 e. The van der Waals surface area contributed by atoms with Crippen LogP contribution in [-0.4, -0.2) is 41.1 Å². The van der Waals surface area contributed by atoms with Gasteiger partial charge in [-0.15, -0.1) is 0 Å². The highest BCUT2D eigenvalue weighted by Gasteiger charge is 2.70. The molecule has 2 heterocycles. The second-order valence-corrected chi connectivity index (χ2v) is 15.4. The highest BCUT2D eigenvalue weighted by molar-refractivity contribution is 6.32. The van der Waals surface area contributed by atoms with E-state index in [4.69, 9.17) is 16.3 Å². The minimum atomic E-state index is -1.55. The molecule has 57 heavy (non-hydrogen) atoms. The number of benzene rings is 5. The van der Waals surface area contributed by atoms with Crippen LogP contribution in [0.1, 0.15) is 52.7 Å². The van der Waals surface area contributed by atoms with E-state index in [-0.39, 0.29) is 42.6 Å². The fourth-order valence-corrected chi connectivity index (χ4v) is 10.1. The van der Waals surface area contributed by atoms with Crippen LogP contribution in [0, 0.1) is 23.7 Å². The van der Waals surface area contributed by atoms with E-state index in [2.05, 4.69) is 0 Å². The summed E-state index contributed by atoms with van der Waals surface area (Å²) >= 11 is 6.43. The highest BCUT2D eigenvalue weighted by atomic mass is 35.5. The van der Waals surface area contributed by atoms with Crippen LogP contribution in [0.3, 0.4) is 0 Å². The first-order valence-corrected chi connectivity index (χ1v) is 19.5. The zero-order valence-corrected chi connectivity index (χ0v) is 31.6. The summed E-state index contributed by atoms with van der Waals surface area (Å²) < 4.78 is 5.84. The van der Waals surface area contributed by atoms with Gasteiger partial charge < -0.3 is 9.84 Å². The van der Waals surface area contributed by atoms with Gasteiger partial charge in [-0.1, -0.05) is 102 Å². The Morgan fingerprint density at radius 2 is 1.44 bits per heavy atom. The number of anilines is 2. The number of ether oxygens (including phenoxy) is 1. The Morgan fingerprint density at radius 1 is 0.754 bits per heavy atom. The predicted octanol–water partition coefficient (Wildman–Crippen LogP) is 8.04. The number of allylic oxidation sites excluding steroid dienone is 2. The monoisotopic (exact) mass is 776 g/mol. The third kappa shape index (κ3) is 5.47. The largest absolute Gasteiger partial charge is 0.504 e. The number of carbonyl (C=O) groups is 5. The van der Waals surface area contributed by atoms with Crippen molar-refractivity contribution in [3.8, 4) is 11.5 Å². The van der Waals surface area contributed by atoms with Gasteiger partial charge in [-0.05, 0) is 79.8 Å². The van der Waals surface area contributed by atoms with Crippen LogP contribution in [0.15, 0.2) is 139 Å². The van der Waals surface area contributed by atoms with Crippen molar-refractivity contribution >= 4 is 52.4 Å². The average Bonchev–Trinajstić information content (AvgIpc) is 3.63. The van der Waals surface area contributed by atoms with Crippen molar-refractivity contribution in [3.05, 3.63) is 166 Å². The average molecular weight is 777 g/mol. The van der Waals surface area contributed by atoms with Crippen molar-refractivity contribution < 1.29 is 33.8 Å². The minimum Gasteiger partial charge on any atom is -0.504 e. The topological polar surface area (TPSA) is 121 Å². The quantitative estimate of drug-likeness (QED) is 0.0962. The van der Waals surface area contributed by atoms with Crippen LogP contribution >= 0.6 is 11.6 Å². The second-order valence-electron chi connectivity index (χ2n) is 15.0. The van der Waals surface area contributed by atoms with E-state index in [1.54, 1.807) is 97.9 Å². The number of hydrogen-bond donors (Lipinski definition) is 1. The van der Waals surface area contributed by atoms with Gasteiger partial charge in [-0.25, -0.2) is 4.90 Å². The van der Waals surface area contributed by atoms with E-state index in [9.17, 15) is 19.5 Å². The van der Waals surface area contributed by atoms with Gasteiger partial charge in [0.25, 0.3) is 0 Å². The van der Waals surface area contributed by atoms with Crippen molar-refractivity contribution in [1.82, 2.24) is 0 Å². The Labute approximate surface area is 334 Å². The molecule has 5 aromatic carbocycles. The summed E-state index contributed by atoms with van der Waals surface area (Å²) in [6.45, 7) is 2.08. The summed E-state index contributed by atoms with van der Waals surface area (Å²) in [5.41, 5.74) is 1.73. The number of ketones is 1. The maximum absolute atomic E-state index is 15.5. The highest BCUT2D eigenvalue weighted by Crippen LogP contribution is 2.65. The molecule has 3 fully saturated rings. The van der Waals surface area contributed by atoms with Crippen molar-refractivity contribution in [2.45, 2.75) is 31.1 Å². The number of rotatable bonds is 8. The van der Waals surface area contributed by atoms with Gasteiger partial charge in [-0.2, -0.15) is 0 Å². The Bertz CT molecular complexity index is 2500. The number of hydrogen-bond acceptors (Lipinski definition) is 7. The normalized spacial score (nSPS) is 25.2. The number of aromatic hydroxyl groups is 1. The van der Waals surface area contributed by atoms with Gasteiger partial charge in [0, 0.05) is 27.6 Å². The predicted molar refractivity (Wildman–Crippen MR) is 214 cm³/mol. The molecule has 4 aliphatic rings. The van der Waals surface area contributed by atoms with Crippen LogP contribution in [0.2, 0.25) is 5.02 Å². The molecule has 4 amide bonds. The number of phenolic OH excluding ortho intramolecular Hbond substituents is 1. The van der Waals surface area contributed by atoms with Gasteiger partial charge in [-0.3, -0.25) is 28.9 Å². The van der Waals surface area contributed by atoms with Crippen molar-refractivity contribution in [2.24, 2.45) is 23.7 Å². The van der Waals surface area contributed by atoms with Crippen LogP contribution < -0.4 is 14.5 Å². The van der Waals surface area contributed by atoms with Crippen LogP contribution in [0.5, 0.6) is 11.5 Å². The molecule has 1 saturated carbocycles. The number of fused-ring (bicyclic) bond motifs is 4. The van der Waals surface area contributed by atoms with Crippen LogP contribution in [0.4, 0.5) is 11.4 Å². The van der Waals surface area contributed by atoms with E-state index in [1.165, 1.54) is 9.80 Å². The maximum atomic E-state index is 15.5. The molecular weight excluding hydrogens is 740 g/mol. The van der Waals surface area contributed by atoms with E-state index in [1.807, 2.05) is 42.5 Å². The number of carbonyl (C=O) groups excluding carboxylic acids is 5. The summed E-state index contributed by atoms with van der Waals surface area (Å²) in [6.07, 6.45) is 2.25. The molecule has 9 nitrogen and oxygen atoms in total. The van der Waals surface area contributed by atoms with E-state index in [0.29, 0.717) is 44.2 Å². The van der Waals surface area contributed by atoms with Gasteiger partial charge in [0.2, 0.25) is 23.6 Å². The molecule has 0 aromatic heterocycles. The lowest BCUT2D eigenvalue weighted by Gasteiger charge is -2.50. The molecule has 1 N–H and O–H groups in total. The van der Waals surface area contributed by atoms with Crippen molar-refractivity contribution in [1.29, 1.82) is 0 Å². The summed E-state index contributed by atoms with van der Waals surface area (Å²) in [4.78, 5) is 75.1. The molecule has 10 heteroatoms. The molecule has 2 aliphatic heterocycles. The Hall–Kier alpha value is -6.32. The number of para-hydroxylation sites is 1. The first kappa shape index (κ1) is 36.3. The Balaban J connectivity index is 1.18. The zero-order chi connectivity index (χ0) is 39.6. The van der Waals surface area contributed by atoms with Crippen molar-refractivity contribution in [3.63, 3.8) is 0 Å². The number of phenols is 1. The molecule has 6 atom stereocenters. The fourth-order valence-electron chi connectivity index (χ4n) is 9.91. The van der Waals surface area contributed by atoms with Crippen LogP contribution in [-0.2, 0) is 24.6 Å². The summed E-state index contributed by atoms with van der Waals surface area (Å²) in [5.74, 6) is -5.95. The van der Waals surface area contributed by atoms with E-state index >= 15 is 9.59 Å². The van der Waals surface area contributed by atoms with Gasteiger partial charge in [0.05, 0.1) is 41.2 Å². The number of halogens is 1. The SMILES string of the molecule is CCOc1cccc(C2C3=CCC4C(=O)N(c5ccc(C(=O)c6ccccc6)cc5)C(=O)C4C3CC3C(=O)N(c4cccc(Cl)c4)C(=O)C32c2ccccc2)c1O. The third-order valence-corrected chi connectivity index (χ3v) is 12.5. The van der Waals surface area contributed by atoms with Crippen molar-refractivity contribution in [2.75, 3.05) is 16.4 Å². The smallest absolute Gasteiger partial charge is 0.246 e. The molecule has 0 spiro atoms. The molecule has 0 bridgehead atoms. The molecule has 284 valence electrons. The van der Waals surface area contributed by atoms with Gasteiger partial charge >= 0.3 is 0 Å². The number of nitrogens with zero attached hydrogens (tertiary/aromatic N) is 2. The molecule has 5 aromatic rings. The molecule has 6 unspecified atom stereocenters. The first-order chi connectivity index (χ1) is 27.7. The Morgan fingerprint density at radius 3 is 2.14 bits per heavy atom. The lowest BCUT2D eigenvalue weighted by atomic mass is 9.49. The zero-order valence-electron chi connectivity index (χ0n) is 30.9. The number of imide groups is 2. The molecule has 9 rings (SSSR count). The first-order valence-electron chi connectivity index (χ1n) is 19.1. The standard InChI is InChI=1S/C47H37ClN2O7/c1-2-57-38-18-10-17-35(42(38)52)40-33-23-24-34-39(45(55)49(43(34)53)31-21-19-28(20-22-31)41(51)27-11-5-3-6-12-27)36(33)26-37-44(54)50(32-16-9-15-30(48)25-32)46(56)47(37,40)29-13-7-4-8-14-29/h3-23,25,34,36-37,39-40,52H,2,24,26H2,1H3. The second kappa shape index (κ2) is 14.0. The van der Waals surface area contributed by atoms with Gasteiger partial charge in [0.15, 0.2) is 17.3 Å². The lowest BCUT2D eigenvalue weighted by Crippen LogP contribution is -2.53. The molecule has 2 saturated heterocycles. The molecule has 2 aliphatic carbocycles. The fraction of sp³-hybridized carbons (Fsp3) is 0.213. The Kier molecular flexibility index (Phi) is 8.93. The van der Waals surface area contributed by atoms with E-state index in [0.717, 1.165) is 0 Å². The van der Waals surface area contributed by atoms with Gasteiger partial charge in [0.1, 0.15) is 0 Å². The number of amides is 4. The third-order valence-electron chi connectivity index (χ3n) is 12.2. The summed E-state index contributed by atoms with van der Waals surface area (Å²) in [5, 5.41) is 12.3. The minimum absolute atomic E-state index is 0.101. The summed E-state index contributed by atoms with van der Waals surface area (Å²) in [7, 11) is 0. The molecule has 0 radical (unpaired) electrons. The van der Waals surface area contributed by atoms with Crippen LogP contribution in [0.25, 0.3) is 0 Å². The van der Waals surface area contributed by atoms with E-state index < -0.39 is 52.7 Å². The summed E-state index contributed by atoms with van der Waals surface area (Å²) in [6, 6.07) is 36.2.